The number of nitrogens with one attached hydrogen (secondary N) is 2. The fraction of sp³-hybridized carbons (Fsp3) is 0.231. The van der Waals surface area contributed by atoms with E-state index in [2.05, 4.69) is 10.6 Å². The molecule has 0 aliphatic carbocycles. The maximum atomic E-state index is 12.8. The standard InChI is InChI=1S/C26H24Cl2N2O3/c1-33-21-10-11-24-22(13-21)23(26(32)30-24)14-25(31)29-15-18(17-4-8-20(28)9-5-17)12-16-2-6-19(27)7-3-16/h2-11,13,18,23H,12,14-15H2,1H3,(H,29,31)(H,30,32)/t18-,23?/m0/s1. The lowest BCUT2D eigenvalue weighted by Crippen LogP contribution is -2.31. The highest BCUT2D eigenvalue weighted by atomic mass is 35.5. The molecule has 3 aromatic carbocycles. The first-order valence-corrected chi connectivity index (χ1v) is 11.4. The van der Waals surface area contributed by atoms with Gasteiger partial charge in [-0.3, -0.25) is 9.59 Å². The van der Waals surface area contributed by atoms with Crippen LogP contribution in [0.25, 0.3) is 0 Å². The number of halogens is 2. The SMILES string of the molecule is COc1ccc2c(c1)C(CC(=O)NC[C@H](Cc1ccc(Cl)cc1)c1ccc(Cl)cc1)C(=O)N2. The van der Waals surface area contributed by atoms with Gasteiger partial charge in [-0.1, -0.05) is 47.5 Å². The Morgan fingerprint density at radius 1 is 1.03 bits per heavy atom. The van der Waals surface area contributed by atoms with Gasteiger partial charge in [0.15, 0.2) is 0 Å². The van der Waals surface area contributed by atoms with Crippen LogP contribution in [0.3, 0.4) is 0 Å². The summed E-state index contributed by atoms with van der Waals surface area (Å²) in [6, 6.07) is 20.7. The van der Waals surface area contributed by atoms with Crippen molar-refractivity contribution in [3.8, 4) is 5.75 Å². The van der Waals surface area contributed by atoms with E-state index in [-0.39, 0.29) is 24.2 Å². The molecule has 5 nitrogen and oxygen atoms in total. The van der Waals surface area contributed by atoms with Crippen molar-refractivity contribution in [2.24, 2.45) is 0 Å². The van der Waals surface area contributed by atoms with E-state index >= 15 is 0 Å². The number of amides is 2. The van der Waals surface area contributed by atoms with Gasteiger partial charge in [0.05, 0.1) is 13.0 Å². The smallest absolute Gasteiger partial charge is 0.232 e. The van der Waals surface area contributed by atoms with Gasteiger partial charge >= 0.3 is 0 Å². The molecule has 1 unspecified atom stereocenters. The molecule has 0 radical (unpaired) electrons. The molecule has 2 atom stereocenters. The second kappa shape index (κ2) is 10.3. The first-order valence-electron chi connectivity index (χ1n) is 10.7. The molecule has 0 fully saturated rings. The van der Waals surface area contributed by atoms with Crippen LogP contribution in [-0.4, -0.2) is 25.5 Å². The summed E-state index contributed by atoms with van der Waals surface area (Å²) in [6.07, 6.45) is 0.795. The van der Waals surface area contributed by atoms with Gasteiger partial charge < -0.3 is 15.4 Å². The predicted octanol–water partition coefficient (Wildman–Crippen LogP) is 5.57. The maximum Gasteiger partial charge on any atom is 0.232 e. The molecule has 3 aromatic rings. The molecule has 0 saturated heterocycles. The summed E-state index contributed by atoms with van der Waals surface area (Å²) in [5.74, 6) is -0.205. The number of fused-ring (bicyclic) bond motifs is 1. The Morgan fingerprint density at radius 3 is 2.36 bits per heavy atom. The Bertz CT molecular complexity index is 1150. The summed E-state index contributed by atoms with van der Waals surface area (Å²) in [7, 11) is 1.57. The largest absolute Gasteiger partial charge is 0.497 e. The zero-order valence-electron chi connectivity index (χ0n) is 18.1. The number of carbonyl (C=O) groups excluding carboxylic acids is 2. The molecule has 1 heterocycles. The molecule has 0 spiro atoms. The third kappa shape index (κ3) is 5.67. The number of hydrogen-bond acceptors (Lipinski definition) is 3. The third-order valence-corrected chi connectivity index (χ3v) is 6.38. The summed E-state index contributed by atoms with van der Waals surface area (Å²) in [5.41, 5.74) is 3.69. The van der Waals surface area contributed by atoms with Crippen molar-refractivity contribution in [3.05, 3.63) is 93.5 Å². The average Bonchev–Trinajstić information content (AvgIpc) is 3.12. The van der Waals surface area contributed by atoms with Crippen molar-refractivity contribution in [2.75, 3.05) is 19.0 Å². The van der Waals surface area contributed by atoms with Crippen LogP contribution in [0, 0.1) is 0 Å². The van der Waals surface area contributed by atoms with E-state index in [1.807, 2.05) is 54.6 Å². The molecular weight excluding hydrogens is 459 g/mol. The molecule has 4 rings (SSSR count). The van der Waals surface area contributed by atoms with Crippen LogP contribution < -0.4 is 15.4 Å². The van der Waals surface area contributed by atoms with Crippen molar-refractivity contribution in [3.63, 3.8) is 0 Å². The van der Waals surface area contributed by atoms with Crippen molar-refractivity contribution in [2.45, 2.75) is 24.7 Å². The second-order valence-corrected chi connectivity index (χ2v) is 8.96. The van der Waals surface area contributed by atoms with Crippen LogP contribution in [0.5, 0.6) is 5.75 Å². The first kappa shape index (κ1) is 23.1. The quantitative estimate of drug-likeness (QED) is 0.440. The number of carbonyl (C=O) groups is 2. The van der Waals surface area contributed by atoms with Crippen LogP contribution >= 0.6 is 23.2 Å². The van der Waals surface area contributed by atoms with Crippen molar-refractivity contribution in [1.29, 1.82) is 0 Å². The van der Waals surface area contributed by atoms with E-state index < -0.39 is 5.92 Å². The molecule has 0 saturated carbocycles. The van der Waals surface area contributed by atoms with Gasteiger partial charge in [0.2, 0.25) is 11.8 Å². The number of ether oxygens (including phenoxy) is 1. The lowest BCUT2D eigenvalue weighted by atomic mass is 9.91. The number of hydrogen-bond donors (Lipinski definition) is 2. The topological polar surface area (TPSA) is 67.4 Å². The van der Waals surface area contributed by atoms with Crippen molar-refractivity contribution in [1.82, 2.24) is 5.32 Å². The Labute approximate surface area is 203 Å². The molecule has 2 amide bonds. The summed E-state index contributed by atoms with van der Waals surface area (Å²) in [4.78, 5) is 25.3. The predicted molar refractivity (Wildman–Crippen MR) is 131 cm³/mol. The van der Waals surface area contributed by atoms with Gasteiger partial charge in [0.25, 0.3) is 0 Å². The Kier molecular flexibility index (Phi) is 7.21. The lowest BCUT2D eigenvalue weighted by Gasteiger charge is -2.19. The van der Waals surface area contributed by atoms with Gasteiger partial charge in [0, 0.05) is 34.6 Å². The van der Waals surface area contributed by atoms with E-state index in [9.17, 15) is 9.59 Å². The first-order chi connectivity index (χ1) is 15.9. The molecule has 0 bridgehead atoms. The summed E-state index contributed by atoms with van der Waals surface area (Å²) in [5, 5.41) is 7.21. The molecular formula is C26H24Cl2N2O3. The van der Waals surface area contributed by atoms with Crippen LogP contribution in [-0.2, 0) is 16.0 Å². The normalized spacial score (nSPS) is 15.5. The fourth-order valence-corrected chi connectivity index (χ4v) is 4.33. The van der Waals surface area contributed by atoms with Crippen LogP contribution in [0.15, 0.2) is 66.7 Å². The molecule has 33 heavy (non-hydrogen) atoms. The minimum atomic E-state index is -0.541. The molecule has 7 heteroatoms. The molecule has 170 valence electrons. The number of methoxy groups -OCH3 is 1. The molecule has 1 aliphatic heterocycles. The van der Waals surface area contributed by atoms with Crippen LogP contribution in [0.2, 0.25) is 10.0 Å². The highest BCUT2D eigenvalue weighted by Crippen LogP contribution is 2.37. The maximum absolute atomic E-state index is 12.8. The fourth-order valence-electron chi connectivity index (χ4n) is 4.08. The Hall–Kier alpha value is -3.02. The monoisotopic (exact) mass is 482 g/mol. The van der Waals surface area contributed by atoms with Gasteiger partial charge in [-0.25, -0.2) is 0 Å². The number of rotatable bonds is 8. The zero-order valence-corrected chi connectivity index (χ0v) is 19.6. The van der Waals surface area contributed by atoms with Crippen LogP contribution in [0.1, 0.15) is 34.9 Å². The third-order valence-electron chi connectivity index (χ3n) is 5.88. The molecule has 0 aromatic heterocycles. The van der Waals surface area contributed by atoms with E-state index in [1.54, 1.807) is 19.2 Å². The van der Waals surface area contributed by atoms with Gasteiger partial charge in [-0.05, 0) is 65.6 Å². The van der Waals surface area contributed by atoms with Crippen molar-refractivity contribution < 1.29 is 14.3 Å². The van der Waals surface area contributed by atoms with Gasteiger partial charge in [-0.15, -0.1) is 0 Å². The van der Waals surface area contributed by atoms with E-state index in [1.165, 1.54) is 0 Å². The highest BCUT2D eigenvalue weighted by Gasteiger charge is 2.32. The van der Waals surface area contributed by atoms with E-state index in [0.717, 1.165) is 28.8 Å². The summed E-state index contributed by atoms with van der Waals surface area (Å²) >= 11 is 12.1. The summed E-state index contributed by atoms with van der Waals surface area (Å²) in [6.45, 7) is 0.433. The Morgan fingerprint density at radius 2 is 1.70 bits per heavy atom. The van der Waals surface area contributed by atoms with Crippen molar-refractivity contribution >= 4 is 40.7 Å². The minimum absolute atomic E-state index is 0.0391. The zero-order chi connectivity index (χ0) is 23.4. The number of anilines is 1. The molecule has 1 aliphatic rings. The van der Waals surface area contributed by atoms with Gasteiger partial charge in [-0.2, -0.15) is 0 Å². The van der Waals surface area contributed by atoms with Gasteiger partial charge in [0.1, 0.15) is 5.75 Å². The van der Waals surface area contributed by atoms with Crippen LogP contribution in [0.4, 0.5) is 5.69 Å². The second-order valence-electron chi connectivity index (χ2n) is 8.08. The lowest BCUT2D eigenvalue weighted by molar-refractivity contribution is -0.125. The highest BCUT2D eigenvalue weighted by molar-refractivity contribution is 6.30. The number of benzene rings is 3. The van der Waals surface area contributed by atoms with E-state index in [4.69, 9.17) is 27.9 Å². The Balaban J connectivity index is 1.45. The minimum Gasteiger partial charge on any atom is -0.497 e. The van der Waals surface area contributed by atoms with E-state index in [0.29, 0.717) is 22.3 Å². The summed E-state index contributed by atoms with van der Waals surface area (Å²) < 4.78 is 5.27. The molecule has 2 N–H and O–H groups in total. The average molecular weight is 483 g/mol.